The fraction of sp³-hybridized carbons (Fsp3) is 0.611. The summed E-state index contributed by atoms with van der Waals surface area (Å²) in [5, 5.41) is 26.7. The molecule has 0 amide bonds. The third kappa shape index (κ3) is 7.86. The quantitative estimate of drug-likeness (QED) is 0.157. The van der Waals surface area contributed by atoms with E-state index in [2.05, 4.69) is 29.5 Å². The second-order valence-electron chi connectivity index (χ2n) is 6.16. The van der Waals surface area contributed by atoms with Crippen molar-refractivity contribution in [2.75, 3.05) is 19.7 Å². The number of hydrogen-bond donors (Lipinski definition) is 3. The maximum absolute atomic E-state index is 10.9. The van der Waals surface area contributed by atoms with E-state index in [1.54, 1.807) is 12.1 Å². The van der Waals surface area contributed by atoms with Gasteiger partial charge in [0.05, 0.1) is 11.5 Å². The first-order valence-electron chi connectivity index (χ1n) is 8.86. The van der Waals surface area contributed by atoms with Crippen LogP contribution in [0.5, 0.6) is 0 Å². The van der Waals surface area contributed by atoms with Crippen molar-refractivity contribution in [3.63, 3.8) is 0 Å². The topological polar surface area (TPSA) is 99.8 Å². The summed E-state index contributed by atoms with van der Waals surface area (Å²) in [7, 11) is 0. The van der Waals surface area contributed by atoms with Crippen molar-refractivity contribution in [3.8, 4) is 0 Å². The minimum atomic E-state index is -0.400. The van der Waals surface area contributed by atoms with Crippen LogP contribution in [-0.4, -0.2) is 35.7 Å². The van der Waals surface area contributed by atoms with Crippen LogP contribution in [0.15, 0.2) is 29.3 Å². The normalized spacial score (nSPS) is 11.6. The SMILES string of the molecule is CCNC(=NCc1cccc([N+](=O)[O-])c1)NCC(CC)(CC)CCO.I. The Balaban J connectivity index is 0.00000625. The van der Waals surface area contributed by atoms with Gasteiger partial charge in [0.2, 0.25) is 0 Å². The molecule has 1 aromatic rings. The van der Waals surface area contributed by atoms with Crippen LogP contribution < -0.4 is 10.6 Å². The third-order valence-electron chi connectivity index (χ3n) is 4.66. The van der Waals surface area contributed by atoms with Crippen molar-refractivity contribution in [1.82, 2.24) is 10.6 Å². The van der Waals surface area contributed by atoms with Gasteiger partial charge in [0.25, 0.3) is 5.69 Å². The van der Waals surface area contributed by atoms with Crippen molar-refractivity contribution in [3.05, 3.63) is 39.9 Å². The second kappa shape index (κ2) is 12.9. The van der Waals surface area contributed by atoms with Gasteiger partial charge < -0.3 is 15.7 Å². The number of nitrogens with zero attached hydrogens (tertiary/aromatic N) is 2. The van der Waals surface area contributed by atoms with E-state index in [0.29, 0.717) is 12.5 Å². The highest BCUT2D eigenvalue weighted by molar-refractivity contribution is 14.0. The van der Waals surface area contributed by atoms with Crippen LogP contribution in [0.3, 0.4) is 0 Å². The minimum Gasteiger partial charge on any atom is -0.396 e. The number of rotatable bonds is 10. The van der Waals surface area contributed by atoms with Crippen LogP contribution in [-0.2, 0) is 6.54 Å². The van der Waals surface area contributed by atoms with Gasteiger partial charge in [-0.25, -0.2) is 4.99 Å². The summed E-state index contributed by atoms with van der Waals surface area (Å²) in [6, 6.07) is 6.52. The Hall–Kier alpha value is -1.42. The van der Waals surface area contributed by atoms with Gasteiger partial charge in [-0.2, -0.15) is 0 Å². The van der Waals surface area contributed by atoms with Crippen LogP contribution in [0.2, 0.25) is 0 Å². The molecule has 1 rings (SSSR count). The highest BCUT2D eigenvalue weighted by Gasteiger charge is 2.25. The molecule has 0 radical (unpaired) electrons. The molecule has 0 aliphatic carbocycles. The Morgan fingerprint density at radius 2 is 1.96 bits per heavy atom. The molecule has 7 nitrogen and oxygen atoms in total. The Morgan fingerprint density at radius 1 is 1.27 bits per heavy atom. The maximum Gasteiger partial charge on any atom is 0.269 e. The Labute approximate surface area is 172 Å². The largest absolute Gasteiger partial charge is 0.396 e. The molecular formula is C18H31IN4O3. The molecule has 0 atom stereocenters. The Bertz CT molecular complexity index is 577. The molecule has 0 aromatic heterocycles. The number of guanidine groups is 1. The summed E-state index contributed by atoms with van der Waals surface area (Å²) in [5.41, 5.74) is 0.903. The summed E-state index contributed by atoms with van der Waals surface area (Å²) in [6.45, 7) is 8.24. The molecular weight excluding hydrogens is 447 g/mol. The molecule has 8 heteroatoms. The van der Waals surface area contributed by atoms with Gasteiger partial charge >= 0.3 is 0 Å². The van der Waals surface area contributed by atoms with E-state index in [1.807, 2.05) is 13.0 Å². The summed E-state index contributed by atoms with van der Waals surface area (Å²) in [4.78, 5) is 15.0. The lowest BCUT2D eigenvalue weighted by Crippen LogP contribution is -2.43. The third-order valence-corrected chi connectivity index (χ3v) is 4.66. The van der Waals surface area contributed by atoms with E-state index in [4.69, 9.17) is 0 Å². The van der Waals surface area contributed by atoms with Gasteiger partial charge in [0.15, 0.2) is 5.96 Å². The number of nitrogens with one attached hydrogen (secondary N) is 2. The van der Waals surface area contributed by atoms with E-state index >= 15 is 0 Å². The number of non-ortho nitro benzene ring substituents is 1. The van der Waals surface area contributed by atoms with Crippen molar-refractivity contribution in [2.24, 2.45) is 10.4 Å². The van der Waals surface area contributed by atoms with Crippen molar-refractivity contribution in [2.45, 2.75) is 46.6 Å². The van der Waals surface area contributed by atoms with Gasteiger partial charge in [0.1, 0.15) is 0 Å². The van der Waals surface area contributed by atoms with E-state index in [9.17, 15) is 15.2 Å². The van der Waals surface area contributed by atoms with Crippen LogP contribution in [0.4, 0.5) is 5.69 Å². The lowest BCUT2D eigenvalue weighted by atomic mass is 9.79. The Kier molecular flexibility index (Phi) is 12.2. The fourth-order valence-electron chi connectivity index (χ4n) is 2.73. The molecule has 0 bridgehead atoms. The van der Waals surface area contributed by atoms with Crippen molar-refractivity contribution >= 4 is 35.6 Å². The van der Waals surface area contributed by atoms with Crippen molar-refractivity contribution < 1.29 is 10.0 Å². The molecule has 0 heterocycles. The van der Waals surface area contributed by atoms with Gasteiger partial charge in [-0.1, -0.05) is 26.0 Å². The number of benzene rings is 1. The molecule has 0 spiro atoms. The van der Waals surface area contributed by atoms with Crippen LogP contribution in [0, 0.1) is 15.5 Å². The van der Waals surface area contributed by atoms with Gasteiger partial charge in [-0.05, 0) is 37.2 Å². The summed E-state index contributed by atoms with van der Waals surface area (Å²) in [5.74, 6) is 0.679. The van der Waals surface area contributed by atoms with Crippen LogP contribution in [0.25, 0.3) is 0 Å². The first kappa shape index (κ1) is 24.6. The van der Waals surface area contributed by atoms with Crippen LogP contribution in [0.1, 0.15) is 45.6 Å². The number of nitro groups is 1. The number of aliphatic imine (C=N–C) groups is 1. The first-order chi connectivity index (χ1) is 12.0. The smallest absolute Gasteiger partial charge is 0.269 e. The zero-order valence-corrected chi connectivity index (χ0v) is 18.2. The predicted octanol–water partition coefficient (Wildman–Crippen LogP) is 3.46. The van der Waals surface area contributed by atoms with E-state index in [1.165, 1.54) is 6.07 Å². The van der Waals surface area contributed by atoms with E-state index in [0.717, 1.165) is 37.9 Å². The molecule has 0 saturated heterocycles. The molecule has 1 aromatic carbocycles. The highest BCUT2D eigenvalue weighted by atomic mass is 127. The lowest BCUT2D eigenvalue weighted by molar-refractivity contribution is -0.384. The standard InChI is InChI=1S/C18H30N4O3.HI/c1-4-18(5-2,10-11-23)14-21-17(19-6-3)20-13-15-8-7-9-16(12-15)22(24)25;/h7-9,12,23H,4-6,10-11,13-14H2,1-3H3,(H2,19,20,21);1H. The van der Waals surface area contributed by atoms with Gasteiger partial charge in [0, 0.05) is 31.8 Å². The van der Waals surface area contributed by atoms with Gasteiger partial charge in [-0.3, -0.25) is 10.1 Å². The molecule has 0 saturated carbocycles. The lowest BCUT2D eigenvalue weighted by Gasteiger charge is -2.32. The van der Waals surface area contributed by atoms with Crippen LogP contribution >= 0.6 is 24.0 Å². The highest BCUT2D eigenvalue weighted by Crippen LogP contribution is 2.29. The van der Waals surface area contributed by atoms with E-state index in [-0.39, 0.29) is 41.7 Å². The maximum atomic E-state index is 10.9. The molecule has 0 aliphatic heterocycles. The fourth-order valence-corrected chi connectivity index (χ4v) is 2.73. The average Bonchev–Trinajstić information content (AvgIpc) is 2.63. The molecule has 0 aliphatic rings. The number of hydrogen-bond acceptors (Lipinski definition) is 4. The first-order valence-corrected chi connectivity index (χ1v) is 8.86. The van der Waals surface area contributed by atoms with Gasteiger partial charge in [-0.15, -0.1) is 24.0 Å². The molecule has 0 fully saturated rings. The minimum absolute atomic E-state index is 0. The molecule has 0 unspecified atom stereocenters. The molecule has 3 N–H and O–H groups in total. The summed E-state index contributed by atoms with van der Waals surface area (Å²) >= 11 is 0. The zero-order chi connectivity index (χ0) is 18.7. The number of nitro benzene ring substituents is 1. The summed E-state index contributed by atoms with van der Waals surface area (Å²) < 4.78 is 0. The van der Waals surface area contributed by atoms with Crippen molar-refractivity contribution in [1.29, 1.82) is 0 Å². The number of halogens is 1. The Morgan fingerprint density at radius 3 is 2.50 bits per heavy atom. The summed E-state index contributed by atoms with van der Waals surface area (Å²) in [6.07, 6.45) is 2.69. The number of aliphatic hydroxyl groups is 1. The molecule has 148 valence electrons. The number of aliphatic hydroxyl groups excluding tert-OH is 1. The van der Waals surface area contributed by atoms with E-state index < -0.39 is 4.92 Å². The molecule has 26 heavy (non-hydrogen) atoms. The predicted molar refractivity (Wildman–Crippen MR) is 116 cm³/mol. The monoisotopic (exact) mass is 478 g/mol. The second-order valence-corrected chi connectivity index (χ2v) is 6.16. The zero-order valence-electron chi connectivity index (χ0n) is 15.8. The average molecular weight is 478 g/mol.